The molecule has 1 aliphatic rings. The van der Waals surface area contributed by atoms with E-state index in [4.69, 9.17) is 23.2 Å². The van der Waals surface area contributed by atoms with E-state index in [1.54, 1.807) is 18.2 Å². The fourth-order valence-corrected chi connectivity index (χ4v) is 4.35. The zero-order valence-corrected chi connectivity index (χ0v) is 14.0. The van der Waals surface area contributed by atoms with Gasteiger partial charge in [-0.15, -0.1) is 0 Å². The average Bonchev–Trinajstić information content (AvgIpc) is 2.52. The van der Waals surface area contributed by atoms with Gasteiger partial charge in [0.1, 0.15) is 0 Å². The van der Waals surface area contributed by atoms with Crippen LogP contribution in [0, 0.1) is 0 Å². The lowest BCUT2D eigenvalue weighted by molar-refractivity contribution is 0.0987. The van der Waals surface area contributed by atoms with Crippen molar-refractivity contribution < 1.29 is 18.3 Å². The zero-order chi connectivity index (χ0) is 16.8. The maximum Gasteiger partial charge on any atom is 0.258 e. The fraction of sp³-hybridized carbons (Fsp3) is 0.133. The van der Waals surface area contributed by atoms with Crippen molar-refractivity contribution in [1.82, 2.24) is 0 Å². The second-order valence-corrected chi connectivity index (χ2v) is 7.92. The van der Waals surface area contributed by atoms with Gasteiger partial charge in [-0.2, -0.15) is 0 Å². The predicted molar refractivity (Wildman–Crippen MR) is 88.3 cm³/mol. The largest absolute Gasteiger partial charge is 0.505 e. The molecule has 0 radical (unpaired) electrons. The minimum Gasteiger partial charge on any atom is -0.505 e. The number of nitrogens with zero attached hydrogens (tertiary/aromatic N) is 1. The van der Waals surface area contributed by atoms with Crippen LogP contribution in [0.4, 0.5) is 5.69 Å². The first kappa shape index (κ1) is 16.1. The third-order valence-corrected chi connectivity index (χ3v) is 5.90. The second kappa shape index (κ2) is 5.70. The molecule has 1 aliphatic heterocycles. The molecule has 0 unspecified atom stereocenters. The van der Waals surface area contributed by atoms with E-state index in [0.717, 1.165) is 0 Å². The van der Waals surface area contributed by atoms with Crippen LogP contribution in [0.1, 0.15) is 10.4 Å². The molecule has 120 valence electrons. The SMILES string of the molecule is O=C(c1cc(Cl)c(O)c(Cl)c1)N1CCS(=O)(=O)c2ccccc21. The summed E-state index contributed by atoms with van der Waals surface area (Å²) in [5.41, 5.74) is 0.496. The van der Waals surface area contributed by atoms with Crippen molar-refractivity contribution in [2.75, 3.05) is 17.2 Å². The summed E-state index contributed by atoms with van der Waals surface area (Å²) in [6.07, 6.45) is 0. The van der Waals surface area contributed by atoms with Crippen LogP contribution in [0.2, 0.25) is 10.0 Å². The normalized spacial score (nSPS) is 16.0. The van der Waals surface area contributed by atoms with Crippen LogP contribution in [-0.2, 0) is 9.84 Å². The number of rotatable bonds is 1. The number of carbonyl (C=O) groups excluding carboxylic acids is 1. The Morgan fingerprint density at radius 2 is 1.74 bits per heavy atom. The zero-order valence-electron chi connectivity index (χ0n) is 11.7. The van der Waals surface area contributed by atoms with E-state index in [0.29, 0.717) is 5.69 Å². The number of phenolic OH excluding ortho intramolecular Hbond substituents is 1. The second-order valence-electron chi connectivity index (χ2n) is 5.03. The van der Waals surface area contributed by atoms with Crippen molar-refractivity contribution in [3.63, 3.8) is 0 Å². The van der Waals surface area contributed by atoms with Crippen molar-refractivity contribution in [3.8, 4) is 5.75 Å². The summed E-state index contributed by atoms with van der Waals surface area (Å²) in [7, 11) is -3.40. The highest BCUT2D eigenvalue weighted by Gasteiger charge is 2.32. The smallest absolute Gasteiger partial charge is 0.258 e. The molecule has 2 aromatic rings. The number of anilines is 1. The van der Waals surface area contributed by atoms with Crippen molar-refractivity contribution in [3.05, 3.63) is 52.0 Å². The van der Waals surface area contributed by atoms with Gasteiger partial charge in [0.05, 0.1) is 26.4 Å². The third kappa shape index (κ3) is 2.78. The minimum absolute atomic E-state index is 0.0360. The topological polar surface area (TPSA) is 74.7 Å². The van der Waals surface area contributed by atoms with E-state index in [-0.39, 0.29) is 38.6 Å². The summed E-state index contributed by atoms with van der Waals surface area (Å²) in [6, 6.07) is 8.93. The molecule has 0 bridgehead atoms. The van der Waals surface area contributed by atoms with Gasteiger partial charge < -0.3 is 10.0 Å². The van der Waals surface area contributed by atoms with E-state index in [1.165, 1.54) is 23.1 Å². The molecule has 0 saturated heterocycles. The molecule has 8 heteroatoms. The van der Waals surface area contributed by atoms with Crippen molar-refractivity contribution >= 4 is 44.6 Å². The third-order valence-electron chi connectivity index (χ3n) is 3.58. The number of aromatic hydroxyl groups is 1. The number of fused-ring (bicyclic) bond motifs is 1. The Bertz CT molecular complexity index is 888. The Hall–Kier alpha value is -1.76. The van der Waals surface area contributed by atoms with Gasteiger partial charge in [0.15, 0.2) is 15.6 Å². The number of hydrogen-bond donors (Lipinski definition) is 1. The molecule has 5 nitrogen and oxygen atoms in total. The van der Waals surface area contributed by atoms with E-state index in [9.17, 15) is 18.3 Å². The molecular weight excluding hydrogens is 361 g/mol. The molecule has 0 atom stereocenters. The van der Waals surface area contributed by atoms with Crippen LogP contribution in [0.15, 0.2) is 41.3 Å². The summed E-state index contributed by atoms with van der Waals surface area (Å²) in [4.78, 5) is 14.2. The van der Waals surface area contributed by atoms with Crippen LogP contribution in [0.5, 0.6) is 5.75 Å². The number of benzene rings is 2. The molecule has 0 saturated carbocycles. The molecule has 23 heavy (non-hydrogen) atoms. The van der Waals surface area contributed by atoms with Gasteiger partial charge >= 0.3 is 0 Å². The molecule has 1 N–H and O–H groups in total. The molecule has 0 spiro atoms. The van der Waals surface area contributed by atoms with Gasteiger partial charge in [0.25, 0.3) is 5.91 Å². The van der Waals surface area contributed by atoms with Crippen molar-refractivity contribution in [2.45, 2.75) is 4.90 Å². The molecule has 0 fully saturated rings. The van der Waals surface area contributed by atoms with Crippen molar-refractivity contribution in [2.24, 2.45) is 0 Å². The minimum atomic E-state index is -3.40. The summed E-state index contributed by atoms with van der Waals surface area (Å²) < 4.78 is 24.2. The van der Waals surface area contributed by atoms with Gasteiger partial charge in [-0.05, 0) is 24.3 Å². The maximum atomic E-state index is 12.7. The Morgan fingerprint density at radius 3 is 2.39 bits per heavy atom. The average molecular weight is 372 g/mol. The Balaban J connectivity index is 2.08. The number of halogens is 2. The number of sulfone groups is 1. The number of carbonyl (C=O) groups is 1. The lowest BCUT2D eigenvalue weighted by Crippen LogP contribution is -2.39. The van der Waals surface area contributed by atoms with Crippen LogP contribution >= 0.6 is 23.2 Å². The number of phenols is 1. The molecule has 3 rings (SSSR count). The highest BCUT2D eigenvalue weighted by atomic mass is 35.5. The van der Waals surface area contributed by atoms with Crippen LogP contribution in [0.3, 0.4) is 0 Å². The van der Waals surface area contributed by atoms with E-state index in [1.807, 2.05) is 0 Å². The molecule has 1 amide bonds. The monoisotopic (exact) mass is 371 g/mol. The number of hydrogen-bond acceptors (Lipinski definition) is 4. The van der Waals surface area contributed by atoms with Crippen LogP contribution in [0.25, 0.3) is 0 Å². The number of amides is 1. The first-order chi connectivity index (χ1) is 10.8. The molecule has 2 aromatic carbocycles. The van der Waals surface area contributed by atoms with Gasteiger partial charge in [-0.1, -0.05) is 35.3 Å². The first-order valence-corrected chi connectivity index (χ1v) is 9.04. The first-order valence-electron chi connectivity index (χ1n) is 6.63. The van der Waals surface area contributed by atoms with E-state index < -0.39 is 15.7 Å². The van der Waals surface area contributed by atoms with Gasteiger partial charge in [-0.25, -0.2) is 8.42 Å². The Kier molecular flexibility index (Phi) is 4.00. The lowest BCUT2D eigenvalue weighted by Gasteiger charge is -2.29. The fourth-order valence-electron chi connectivity index (χ4n) is 2.44. The predicted octanol–water partition coefficient (Wildman–Crippen LogP) is 3.13. The summed E-state index contributed by atoms with van der Waals surface area (Å²) in [5, 5.41) is 9.50. The Labute approximate surface area is 143 Å². The highest BCUT2D eigenvalue weighted by Crippen LogP contribution is 2.35. The standard InChI is InChI=1S/C15H11Cl2NO4S/c16-10-7-9(8-11(17)14(10)19)15(20)18-5-6-23(21,22)13-4-2-1-3-12(13)18/h1-4,7-8,19H,5-6H2. The summed E-state index contributed by atoms with van der Waals surface area (Å²) in [5.74, 6) is -0.891. The molecule has 0 aliphatic carbocycles. The van der Waals surface area contributed by atoms with Gasteiger partial charge in [0.2, 0.25) is 0 Å². The number of para-hydroxylation sites is 1. The van der Waals surface area contributed by atoms with Gasteiger partial charge in [0, 0.05) is 12.1 Å². The van der Waals surface area contributed by atoms with Crippen LogP contribution in [-0.4, -0.2) is 31.7 Å². The molecular formula is C15H11Cl2NO4S. The van der Waals surface area contributed by atoms with Crippen molar-refractivity contribution in [1.29, 1.82) is 0 Å². The van der Waals surface area contributed by atoms with Gasteiger partial charge in [-0.3, -0.25) is 4.79 Å². The molecule has 0 aromatic heterocycles. The summed E-state index contributed by atoms with van der Waals surface area (Å²) >= 11 is 11.7. The quantitative estimate of drug-likeness (QED) is 0.835. The maximum absolute atomic E-state index is 12.7. The highest BCUT2D eigenvalue weighted by molar-refractivity contribution is 7.91. The van der Waals surface area contributed by atoms with E-state index >= 15 is 0 Å². The van der Waals surface area contributed by atoms with E-state index in [2.05, 4.69) is 0 Å². The molecule has 1 heterocycles. The summed E-state index contributed by atoms with van der Waals surface area (Å²) in [6.45, 7) is 0.0360. The van der Waals surface area contributed by atoms with Crippen LogP contribution < -0.4 is 4.90 Å². The lowest BCUT2D eigenvalue weighted by atomic mass is 10.1. The Morgan fingerprint density at radius 1 is 1.13 bits per heavy atom.